The number of hydrogen-bond donors (Lipinski definition) is 1. The van der Waals surface area contributed by atoms with Crippen molar-refractivity contribution in [2.75, 3.05) is 20.2 Å². The van der Waals surface area contributed by atoms with Crippen molar-refractivity contribution in [3.05, 3.63) is 63.7 Å². The van der Waals surface area contributed by atoms with Gasteiger partial charge in [-0.25, -0.2) is 0 Å². The smallest absolute Gasteiger partial charge is 0.122 e. The molecule has 2 aromatic heterocycles. The fraction of sp³-hybridized carbons (Fsp3) is 0.500. The number of piperidine rings is 1. The van der Waals surface area contributed by atoms with Gasteiger partial charge in [0.25, 0.3) is 0 Å². The molecule has 0 bridgehead atoms. The summed E-state index contributed by atoms with van der Waals surface area (Å²) in [7, 11) is 1.75. The fourth-order valence-corrected chi connectivity index (χ4v) is 4.69. The van der Waals surface area contributed by atoms with Crippen LogP contribution in [0.3, 0.4) is 0 Å². The van der Waals surface area contributed by atoms with E-state index >= 15 is 0 Å². The molecule has 0 spiro atoms. The van der Waals surface area contributed by atoms with E-state index in [0.29, 0.717) is 6.04 Å². The molecule has 3 heterocycles. The molecular formula is C24H33N5O. The molecule has 30 heavy (non-hydrogen) atoms. The van der Waals surface area contributed by atoms with E-state index in [9.17, 15) is 0 Å². The van der Waals surface area contributed by atoms with Gasteiger partial charge in [0.05, 0.1) is 24.5 Å². The quantitative estimate of drug-likeness (QED) is 0.663. The highest BCUT2D eigenvalue weighted by atomic mass is 16.5. The molecule has 0 aliphatic carbocycles. The average molecular weight is 408 g/mol. The van der Waals surface area contributed by atoms with E-state index in [-0.39, 0.29) is 0 Å². The summed E-state index contributed by atoms with van der Waals surface area (Å²) in [4.78, 5) is 2.56. The van der Waals surface area contributed by atoms with Crippen LogP contribution < -0.4 is 4.74 Å². The van der Waals surface area contributed by atoms with E-state index in [0.717, 1.165) is 61.7 Å². The number of aromatic amines is 1. The van der Waals surface area contributed by atoms with E-state index in [2.05, 4.69) is 71.7 Å². The molecule has 1 aliphatic rings. The number of hydrogen-bond acceptors (Lipinski definition) is 4. The molecule has 1 saturated heterocycles. The minimum atomic E-state index is 0.522. The molecular weight excluding hydrogens is 374 g/mol. The Labute approximate surface area is 179 Å². The van der Waals surface area contributed by atoms with Crippen LogP contribution in [0.1, 0.15) is 58.3 Å². The molecule has 1 aliphatic heterocycles. The highest BCUT2D eigenvalue weighted by Gasteiger charge is 2.22. The summed E-state index contributed by atoms with van der Waals surface area (Å²) in [6.45, 7) is 11.6. The van der Waals surface area contributed by atoms with Crippen molar-refractivity contribution in [1.29, 1.82) is 0 Å². The minimum absolute atomic E-state index is 0.522. The fourth-order valence-electron chi connectivity index (χ4n) is 4.69. The van der Waals surface area contributed by atoms with Gasteiger partial charge in [0.2, 0.25) is 0 Å². The number of rotatable bonds is 6. The third-order valence-corrected chi connectivity index (χ3v) is 6.35. The molecule has 160 valence electrons. The number of nitrogens with one attached hydrogen (secondary N) is 1. The molecule has 4 rings (SSSR count). The molecule has 0 saturated carbocycles. The Hall–Kier alpha value is -2.60. The summed E-state index contributed by atoms with van der Waals surface area (Å²) >= 11 is 0. The number of H-pyrrole nitrogens is 1. The zero-order valence-electron chi connectivity index (χ0n) is 18.8. The highest BCUT2D eigenvalue weighted by Crippen LogP contribution is 2.28. The monoisotopic (exact) mass is 407 g/mol. The van der Waals surface area contributed by atoms with E-state index in [1.54, 1.807) is 7.11 Å². The van der Waals surface area contributed by atoms with Crippen LogP contribution in [0.25, 0.3) is 0 Å². The third kappa shape index (κ3) is 4.29. The van der Waals surface area contributed by atoms with Gasteiger partial charge < -0.3 is 4.74 Å². The first-order valence-corrected chi connectivity index (χ1v) is 10.9. The Kier molecular flexibility index (Phi) is 5.95. The Morgan fingerprint density at radius 3 is 2.47 bits per heavy atom. The zero-order valence-corrected chi connectivity index (χ0v) is 18.8. The van der Waals surface area contributed by atoms with Crippen molar-refractivity contribution in [2.45, 2.75) is 59.5 Å². The molecule has 1 fully saturated rings. The molecule has 6 nitrogen and oxygen atoms in total. The van der Waals surface area contributed by atoms with Crippen molar-refractivity contribution in [2.24, 2.45) is 0 Å². The van der Waals surface area contributed by atoms with Gasteiger partial charge in [0, 0.05) is 43.0 Å². The van der Waals surface area contributed by atoms with Crippen LogP contribution in [-0.4, -0.2) is 45.1 Å². The van der Waals surface area contributed by atoms with Crippen molar-refractivity contribution < 1.29 is 4.74 Å². The number of aryl methyl sites for hydroxylation is 4. The number of aromatic nitrogens is 4. The van der Waals surface area contributed by atoms with Gasteiger partial charge in [-0.2, -0.15) is 10.2 Å². The van der Waals surface area contributed by atoms with E-state index in [1.807, 2.05) is 0 Å². The van der Waals surface area contributed by atoms with Gasteiger partial charge in [0.1, 0.15) is 5.75 Å². The van der Waals surface area contributed by atoms with E-state index in [1.165, 1.54) is 22.4 Å². The van der Waals surface area contributed by atoms with Gasteiger partial charge in [-0.3, -0.25) is 14.7 Å². The Bertz CT molecular complexity index is 991. The number of nitrogens with zero attached hydrogens (tertiary/aromatic N) is 4. The lowest BCUT2D eigenvalue weighted by Crippen LogP contribution is -2.34. The molecule has 0 unspecified atom stereocenters. The lowest BCUT2D eigenvalue weighted by molar-refractivity contribution is 0.172. The van der Waals surface area contributed by atoms with Crippen molar-refractivity contribution >= 4 is 0 Å². The van der Waals surface area contributed by atoms with Crippen LogP contribution in [0.5, 0.6) is 5.75 Å². The summed E-state index contributed by atoms with van der Waals surface area (Å²) in [6, 6.07) is 9.31. The number of ether oxygens (including phenoxy) is 1. The second kappa shape index (κ2) is 8.64. The van der Waals surface area contributed by atoms with Gasteiger partial charge in [0.15, 0.2) is 0 Å². The molecule has 0 amide bonds. The second-order valence-electron chi connectivity index (χ2n) is 8.61. The van der Waals surface area contributed by atoms with Crippen LogP contribution in [0.15, 0.2) is 24.3 Å². The summed E-state index contributed by atoms with van der Waals surface area (Å²) in [6.07, 6.45) is 3.14. The second-order valence-corrected chi connectivity index (χ2v) is 8.61. The highest BCUT2D eigenvalue weighted by molar-refractivity contribution is 5.42. The van der Waals surface area contributed by atoms with Crippen LogP contribution >= 0.6 is 0 Å². The Balaban J connectivity index is 1.43. The van der Waals surface area contributed by atoms with Crippen LogP contribution in [0, 0.1) is 27.7 Å². The van der Waals surface area contributed by atoms with Crippen LogP contribution in [0.4, 0.5) is 0 Å². The third-order valence-electron chi connectivity index (χ3n) is 6.35. The van der Waals surface area contributed by atoms with Gasteiger partial charge in [-0.05, 0) is 63.8 Å². The average Bonchev–Trinajstić information content (AvgIpc) is 3.24. The molecule has 1 aromatic carbocycles. The maximum atomic E-state index is 5.64. The molecule has 1 N–H and O–H groups in total. The van der Waals surface area contributed by atoms with Crippen LogP contribution in [-0.2, 0) is 13.0 Å². The van der Waals surface area contributed by atoms with Gasteiger partial charge >= 0.3 is 0 Å². The van der Waals surface area contributed by atoms with Gasteiger partial charge in [-0.1, -0.05) is 12.1 Å². The largest absolute Gasteiger partial charge is 0.496 e. The lowest BCUT2D eigenvalue weighted by atomic mass is 9.99. The number of likely N-dealkylation sites (tertiary alicyclic amines) is 1. The first-order chi connectivity index (χ1) is 14.4. The summed E-state index contributed by atoms with van der Waals surface area (Å²) in [5.41, 5.74) is 8.40. The van der Waals surface area contributed by atoms with Crippen molar-refractivity contribution in [3.8, 4) is 5.75 Å². The van der Waals surface area contributed by atoms with Crippen molar-refractivity contribution in [1.82, 2.24) is 24.9 Å². The summed E-state index contributed by atoms with van der Waals surface area (Å²) < 4.78 is 7.87. The van der Waals surface area contributed by atoms with Gasteiger partial charge in [-0.15, -0.1) is 0 Å². The summed E-state index contributed by atoms with van der Waals surface area (Å²) in [5, 5.41) is 12.1. The normalized spacial score (nSPS) is 15.6. The first-order valence-electron chi connectivity index (χ1n) is 10.9. The lowest BCUT2D eigenvalue weighted by Gasteiger charge is -2.32. The zero-order chi connectivity index (χ0) is 21.3. The van der Waals surface area contributed by atoms with E-state index < -0.39 is 0 Å². The van der Waals surface area contributed by atoms with E-state index in [4.69, 9.17) is 9.84 Å². The number of methoxy groups -OCH3 is 1. The minimum Gasteiger partial charge on any atom is -0.496 e. The maximum Gasteiger partial charge on any atom is 0.122 e. The molecule has 3 aromatic rings. The molecule has 0 atom stereocenters. The topological polar surface area (TPSA) is 59.0 Å². The molecule has 0 radical (unpaired) electrons. The van der Waals surface area contributed by atoms with Crippen LogP contribution in [0.2, 0.25) is 0 Å². The Morgan fingerprint density at radius 2 is 1.87 bits per heavy atom. The maximum absolute atomic E-state index is 5.64. The molecule has 6 heteroatoms. The standard InChI is InChI=1S/C24H33N5O/c1-16-12-17(2)29(27-16)22-8-10-28(11-9-22)15-20-6-7-24(30-5)21(13-20)14-23-18(3)25-26-19(23)4/h6-7,12-13,22H,8-11,14-15H2,1-5H3,(H,25,26). The predicted molar refractivity (Wildman–Crippen MR) is 119 cm³/mol. The first kappa shape index (κ1) is 20.7. The number of benzene rings is 1. The van der Waals surface area contributed by atoms with Crippen molar-refractivity contribution in [3.63, 3.8) is 0 Å². The summed E-state index contributed by atoms with van der Waals surface area (Å²) in [5.74, 6) is 0.946. The predicted octanol–water partition coefficient (Wildman–Crippen LogP) is 4.28. The SMILES string of the molecule is COc1ccc(CN2CCC(n3nc(C)cc3C)CC2)cc1Cc1c(C)n[nH]c1C. The Morgan fingerprint density at radius 1 is 1.10 bits per heavy atom.